The molecule has 0 fully saturated rings. The van der Waals surface area contributed by atoms with Crippen LogP contribution in [0.4, 0.5) is 0 Å². The van der Waals surface area contributed by atoms with Crippen molar-refractivity contribution in [2.75, 3.05) is 6.54 Å². The minimum atomic E-state index is -0.275. The Hall–Kier alpha value is -0.0800. The quantitative estimate of drug-likeness (QED) is 0.420. The summed E-state index contributed by atoms with van der Waals surface area (Å²) in [6, 6.07) is 0. The van der Waals surface area contributed by atoms with Crippen LogP contribution in [0, 0.1) is 0 Å². The van der Waals surface area contributed by atoms with E-state index in [1.54, 1.807) is 0 Å². The normalized spacial score (nSPS) is 13.1. The van der Waals surface area contributed by atoms with Crippen molar-refractivity contribution >= 4 is 0 Å². The van der Waals surface area contributed by atoms with Gasteiger partial charge in [0.2, 0.25) is 0 Å². The van der Waals surface area contributed by atoms with Crippen molar-refractivity contribution in [2.24, 2.45) is 0 Å². The highest BCUT2D eigenvalue weighted by atomic mass is 16.3. The second-order valence-electron chi connectivity index (χ2n) is 4.03. The van der Waals surface area contributed by atoms with E-state index in [0.717, 1.165) is 19.4 Å². The Balaban J connectivity index is 3.06. The van der Waals surface area contributed by atoms with E-state index < -0.39 is 0 Å². The first kappa shape index (κ1) is 13.9. The van der Waals surface area contributed by atoms with Gasteiger partial charge in [-0.1, -0.05) is 46.0 Å². The van der Waals surface area contributed by atoms with Crippen LogP contribution in [0.1, 0.15) is 65.2 Å². The summed E-state index contributed by atoms with van der Waals surface area (Å²) in [4.78, 5) is 0. The summed E-state index contributed by atoms with van der Waals surface area (Å²) >= 11 is 0. The minimum absolute atomic E-state index is 0.275. The molecule has 0 heterocycles. The molecule has 0 aliphatic heterocycles. The molecule has 0 aromatic heterocycles. The van der Waals surface area contributed by atoms with Gasteiger partial charge >= 0.3 is 0 Å². The third-order valence-electron chi connectivity index (χ3n) is 2.49. The molecule has 1 atom stereocenters. The van der Waals surface area contributed by atoms with Gasteiger partial charge < -0.3 is 5.11 Å². The van der Waals surface area contributed by atoms with Crippen LogP contribution in [0.15, 0.2) is 0 Å². The number of unbranched alkanes of at least 4 members (excludes halogenated alkanes) is 5. The maximum absolute atomic E-state index is 9.52. The molecule has 0 saturated heterocycles. The van der Waals surface area contributed by atoms with Crippen LogP contribution in [-0.4, -0.2) is 17.9 Å². The molecule has 0 rings (SSSR count). The van der Waals surface area contributed by atoms with E-state index in [2.05, 4.69) is 19.2 Å². The molecule has 0 spiro atoms. The fraction of sp³-hybridized carbons (Fsp3) is 1.00. The van der Waals surface area contributed by atoms with Crippen LogP contribution in [0.5, 0.6) is 0 Å². The Morgan fingerprint density at radius 3 is 2.21 bits per heavy atom. The van der Waals surface area contributed by atoms with E-state index in [1.165, 1.54) is 38.5 Å². The topological polar surface area (TPSA) is 32.3 Å². The van der Waals surface area contributed by atoms with Crippen molar-refractivity contribution in [3.05, 3.63) is 0 Å². The zero-order valence-electron chi connectivity index (χ0n) is 9.89. The van der Waals surface area contributed by atoms with Gasteiger partial charge in [-0.25, -0.2) is 0 Å². The largest absolute Gasteiger partial charge is 0.379 e. The fourth-order valence-electron chi connectivity index (χ4n) is 1.51. The first-order chi connectivity index (χ1) is 6.81. The zero-order chi connectivity index (χ0) is 10.6. The van der Waals surface area contributed by atoms with E-state index in [4.69, 9.17) is 0 Å². The van der Waals surface area contributed by atoms with Gasteiger partial charge in [0.1, 0.15) is 6.23 Å². The van der Waals surface area contributed by atoms with Crippen molar-refractivity contribution in [3.8, 4) is 0 Å². The lowest BCUT2D eigenvalue weighted by atomic mass is 10.2. The van der Waals surface area contributed by atoms with Gasteiger partial charge in [0.15, 0.2) is 0 Å². The number of nitrogens with one attached hydrogen (secondary N) is 1. The monoisotopic (exact) mass is 201 g/mol. The molecule has 14 heavy (non-hydrogen) atoms. The Bertz CT molecular complexity index is 106. The molecule has 0 bridgehead atoms. The molecule has 0 amide bonds. The number of aliphatic hydroxyl groups is 1. The average molecular weight is 201 g/mol. The highest BCUT2D eigenvalue weighted by Gasteiger charge is 2.00. The molecule has 0 aromatic rings. The number of hydrogen-bond donors (Lipinski definition) is 2. The van der Waals surface area contributed by atoms with Crippen molar-refractivity contribution < 1.29 is 5.11 Å². The summed E-state index contributed by atoms with van der Waals surface area (Å²) in [5, 5.41) is 12.7. The van der Waals surface area contributed by atoms with Crippen LogP contribution in [0.3, 0.4) is 0 Å². The van der Waals surface area contributed by atoms with Crippen molar-refractivity contribution in [2.45, 2.75) is 71.4 Å². The maximum Gasteiger partial charge on any atom is 0.104 e. The highest BCUT2D eigenvalue weighted by Crippen LogP contribution is 2.02. The molecule has 0 saturated carbocycles. The Morgan fingerprint density at radius 1 is 0.929 bits per heavy atom. The summed E-state index contributed by atoms with van der Waals surface area (Å²) < 4.78 is 0. The lowest BCUT2D eigenvalue weighted by Crippen LogP contribution is -2.29. The predicted octanol–water partition coefficient (Wildman–Crippen LogP) is 3.06. The van der Waals surface area contributed by atoms with Gasteiger partial charge in [0.05, 0.1) is 0 Å². The standard InChI is InChI=1S/C12H27NO/c1-3-5-7-9-11-13-12(14)10-8-6-4-2/h12-14H,3-11H2,1-2H3. The number of hydrogen-bond acceptors (Lipinski definition) is 2. The summed E-state index contributed by atoms with van der Waals surface area (Å²) in [5.74, 6) is 0. The predicted molar refractivity (Wildman–Crippen MR) is 62.3 cm³/mol. The van der Waals surface area contributed by atoms with Gasteiger partial charge in [0, 0.05) is 0 Å². The lowest BCUT2D eigenvalue weighted by molar-refractivity contribution is 0.124. The summed E-state index contributed by atoms with van der Waals surface area (Å²) in [5.41, 5.74) is 0. The molecular weight excluding hydrogens is 174 g/mol. The first-order valence-corrected chi connectivity index (χ1v) is 6.22. The van der Waals surface area contributed by atoms with Crippen molar-refractivity contribution in [3.63, 3.8) is 0 Å². The fourth-order valence-corrected chi connectivity index (χ4v) is 1.51. The van der Waals surface area contributed by atoms with Crippen LogP contribution in [0.2, 0.25) is 0 Å². The molecule has 0 aliphatic rings. The Morgan fingerprint density at radius 2 is 1.57 bits per heavy atom. The Labute approximate surface area is 89.1 Å². The molecule has 0 aromatic carbocycles. The molecule has 0 radical (unpaired) electrons. The van der Waals surface area contributed by atoms with Gasteiger partial charge in [-0.15, -0.1) is 0 Å². The van der Waals surface area contributed by atoms with E-state index in [-0.39, 0.29) is 6.23 Å². The molecule has 86 valence electrons. The van der Waals surface area contributed by atoms with Gasteiger partial charge in [-0.05, 0) is 25.8 Å². The molecule has 2 heteroatoms. The zero-order valence-corrected chi connectivity index (χ0v) is 9.89. The van der Waals surface area contributed by atoms with Crippen LogP contribution in [-0.2, 0) is 0 Å². The number of aliphatic hydroxyl groups excluding tert-OH is 1. The van der Waals surface area contributed by atoms with Crippen LogP contribution in [0.25, 0.3) is 0 Å². The SMILES string of the molecule is CCCCCCNC(O)CCCCC. The van der Waals surface area contributed by atoms with E-state index in [9.17, 15) is 5.11 Å². The highest BCUT2D eigenvalue weighted by molar-refractivity contribution is 4.54. The maximum atomic E-state index is 9.52. The summed E-state index contributed by atoms with van der Waals surface area (Å²) in [7, 11) is 0. The summed E-state index contributed by atoms with van der Waals surface area (Å²) in [6.07, 6.45) is 9.29. The molecule has 2 nitrogen and oxygen atoms in total. The third kappa shape index (κ3) is 10.0. The lowest BCUT2D eigenvalue weighted by Gasteiger charge is -2.11. The molecule has 1 unspecified atom stereocenters. The second kappa shape index (κ2) is 11.0. The smallest absolute Gasteiger partial charge is 0.104 e. The molecular formula is C12H27NO. The summed E-state index contributed by atoms with van der Waals surface area (Å²) in [6.45, 7) is 5.37. The van der Waals surface area contributed by atoms with Crippen LogP contribution < -0.4 is 5.32 Å². The van der Waals surface area contributed by atoms with Gasteiger partial charge in [-0.2, -0.15) is 0 Å². The first-order valence-electron chi connectivity index (χ1n) is 6.22. The van der Waals surface area contributed by atoms with E-state index in [1.807, 2.05) is 0 Å². The van der Waals surface area contributed by atoms with Crippen molar-refractivity contribution in [1.82, 2.24) is 5.32 Å². The molecule has 0 aliphatic carbocycles. The second-order valence-corrected chi connectivity index (χ2v) is 4.03. The van der Waals surface area contributed by atoms with E-state index in [0.29, 0.717) is 0 Å². The molecule has 2 N–H and O–H groups in total. The van der Waals surface area contributed by atoms with Crippen molar-refractivity contribution in [1.29, 1.82) is 0 Å². The number of rotatable bonds is 10. The average Bonchev–Trinajstić information content (AvgIpc) is 2.18. The third-order valence-corrected chi connectivity index (χ3v) is 2.49. The van der Waals surface area contributed by atoms with Crippen LogP contribution >= 0.6 is 0 Å². The van der Waals surface area contributed by atoms with Gasteiger partial charge in [0.25, 0.3) is 0 Å². The minimum Gasteiger partial charge on any atom is -0.379 e. The Kier molecular flexibility index (Phi) is 10.9. The van der Waals surface area contributed by atoms with E-state index >= 15 is 0 Å². The van der Waals surface area contributed by atoms with Gasteiger partial charge in [-0.3, -0.25) is 5.32 Å².